The Morgan fingerprint density at radius 1 is 1.24 bits per heavy atom. The summed E-state index contributed by atoms with van der Waals surface area (Å²) in [4.78, 5) is 30.2. The molecule has 10 heteroatoms. The van der Waals surface area contributed by atoms with E-state index in [1.165, 1.54) is 11.0 Å². The van der Waals surface area contributed by atoms with Crippen molar-refractivity contribution in [2.24, 2.45) is 0 Å². The molecule has 0 atom stereocenters. The number of alkyl halides is 3. The molecule has 4 rings (SSSR count). The average Bonchev–Trinajstić information content (AvgIpc) is 2.99. The quantitative estimate of drug-likeness (QED) is 0.711. The molecule has 0 radical (unpaired) electrons. The van der Waals surface area contributed by atoms with Gasteiger partial charge in [0, 0.05) is 18.9 Å². The Balaban J connectivity index is 1.70. The third kappa shape index (κ3) is 3.26. The summed E-state index contributed by atoms with van der Waals surface area (Å²) in [6, 6.07) is 6.88. The number of fused-ring (bicyclic) bond motifs is 2. The molecule has 7 nitrogen and oxygen atoms in total. The fourth-order valence-electron chi connectivity index (χ4n) is 3.14. The molecule has 2 amide bonds. The third-order valence-corrected chi connectivity index (χ3v) is 4.64. The number of imidazole rings is 1. The van der Waals surface area contributed by atoms with Crippen molar-refractivity contribution < 1.29 is 27.5 Å². The SMILES string of the molecule is Cc1nc2ccc(C(F)(F)F)cn2c1C(=O)Nc1ccc2c(c1)N(C)C(=O)CO2. The van der Waals surface area contributed by atoms with Gasteiger partial charge in [-0.3, -0.25) is 14.0 Å². The predicted octanol–water partition coefficient (Wildman–Crippen LogP) is 3.27. The lowest BCUT2D eigenvalue weighted by atomic mass is 10.2. The van der Waals surface area contributed by atoms with Crippen LogP contribution in [0.1, 0.15) is 21.7 Å². The molecule has 0 spiro atoms. The van der Waals surface area contributed by atoms with E-state index in [0.717, 1.165) is 16.7 Å². The van der Waals surface area contributed by atoms with E-state index in [4.69, 9.17) is 4.74 Å². The van der Waals surface area contributed by atoms with Crippen molar-refractivity contribution in [3.8, 4) is 5.75 Å². The first-order valence-electron chi connectivity index (χ1n) is 8.56. The predicted molar refractivity (Wildman–Crippen MR) is 98.2 cm³/mol. The van der Waals surface area contributed by atoms with Crippen molar-refractivity contribution in [3.05, 3.63) is 53.5 Å². The van der Waals surface area contributed by atoms with Crippen molar-refractivity contribution in [1.82, 2.24) is 9.38 Å². The van der Waals surface area contributed by atoms with Crippen molar-refractivity contribution in [1.29, 1.82) is 0 Å². The summed E-state index contributed by atoms with van der Waals surface area (Å²) in [5.74, 6) is -0.371. The normalized spacial score (nSPS) is 14.0. The standard InChI is InChI=1S/C19H15F3N4O3/c1-10-17(26-8-11(19(20,21)22)3-6-15(26)23-10)18(28)24-12-4-5-14-13(7-12)25(2)16(27)9-29-14/h3-8H,9H2,1-2H3,(H,24,28). The Kier molecular flexibility index (Phi) is 4.21. The number of nitrogens with one attached hydrogen (secondary N) is 1. The van der Waals surface area contributed by atoms with Gasteiger partial charge in [-0.1, -0.05) is 0 Å². The highest BCUT2D eigenvalue weighted by Crippen LogP contribution is 2.34. The number of rotatable bonds is 2. The minimum absolute atomic E-state index is 0.00972. The number of hydrogen-bond donors (Lipinski definition) is 1. The summed E-state index contributed by atoms with van der Waals surface area (Å²) in [6.07, 6.45) is -3.70. The van der Waals surface area contributed by atoms with Gasteiger partial charge in [0.05, 0.1) is 16.9 Å². The van der Waals surface area contributed by atoms with Crippen LogP contribution < -0.4 is 15.0 Å². The Bertz CT molecular complexity index is 1150. The molecule has 3 heterocycles. The van der Waals surface area contributed by atoms with Gasteiger partial charge in [0.1, 0.15) is 17.1 Å². The van der Waals surface area contributed by atoms with E-state index < -0.39 is 17.6 Å². The van der Waals surface area contributed by atoms with E-state index in [-0.39, 0.29) is 29.5 Å². The molecule has 2 aromatic heterocycles. The van der Waals surface area contributed by atoms with Crippen LogP contribution in [-0.4, -0.2) is 34.9 Å². The van der Waals surface area contributed by atoms with Gasteiger partial charge < -0.3 is 15.0 Å². The number of carbonyl (C=O) groups excluding carboxylic acids is 2. The number of amides is 2. The number of halogens is 3. The van der Waals surface area contributed by atoms with E-state index in [1.54, 1.807) is 32.2 Å². The van der Waals surface area contributed by atoms with Gasteiger partial charge in [-0.25, -0.2) is 4.98 Å². The van der Waals surface area contributed by atoms with Crippen LogP contribution >= 0.6 is 0 Å². The molecule has 1 aliphatic heterocycles. The fourth-order valence-corrected chi connectivity index (χ4v) is 3.14. The first-order valence-corrected chi connectivity index (χ1v) is 8.56. The summed E-state index contributed by atoms with van der Waals surface area (Å²) in [7, 11) is 1.59. The molecule has 0 aliphatic carbocycles. The van der Waals surface area contributed by atoms with Gasteiger partial charge >= 0.3 is 6.18 Å². The molecule has 29 heavy (non-hydrogen) atoms. The zero-order valence-corrected chi connectivity index (χ0v) is 15.4. The van der Waals surface area contributed by atoms with Gasteiger partial charge in [0.2, 0.25) is 0 Å². The second kappa shape index (κ2) is 6.50. The number of aromatic nitrogens is 2. The minimum atomic E-state index is -4.55. The zero-order chi connectivity index (χ0) is 20.9. The molecular weight excluding hydrogens is 389 g/mol. The molecule has 0 saturated heterocycles. The summed E-state index contributed by atoms with van der Waals surface area (Å²) in [5, 5.41) is 2.65. The lowest BCUT2D eigenvalue weighted by Gasteiger charge is -2.26. The van der Waals surface area contributed by atoms with E-state index >= 15 is 0 Å². The molecule has 3 aromatic rings. The molecule has 0 unspecified atom stereocenters. The van der Waals surface area contributed by atoms with Crippen LogP contribution in [0.4, 0.5) is 24.5 Å². The Labute approximate surface area is 162 Å². The highest BCUT2D eigenvalue weighted by atomic mass is 19.4. The molecular formula is C19H15F3N4O3. The second-order valence-electron chi connectivity index (χ2n) is 6.57. The zero-order valence-electron chi connectivity index (χ0n) is 15.4. The number of aryl methyl sites for hydroxylation is 1. The molecule has 0 saturated carbocycles. The topological polar surface area (TPSA) is 75.9 Å². The van der Waals surface area contributed by atoms with Crippen LogP contribution in [0.5, 0.6) is 5.75 Å². The Morgan fingerprint density at radius 2 is 2.00 bits per heavy atom. The van der Waals surface area contributed by atoms with Crippen LogP contribution in [0.2, 0.25) is 0 Å². The summed E-state index contributed by atoms with van der Waals surface area (Å²) < 4.78 is 45.6. The van der Waals surface area contributed by atoms with Gasteiger partial charge in [-0.2, -0.15) is 13.2 Å². The summed E-state index contributed by atoms with van der Waals surface area (Å²) >= 11 is 0. The van der Waals surface area contributed by atoms with E-state index in [1.807, 2.05) is 0 Å². The molecule has 1 aliphatic rings. The maximum atomic E-state index is 13.1. The average molecular weight is 404 g/mol. The number of ether oxygens (including phenoxy) is 1. The maximum absolute atomic E-state index is 13.1. The van der Waals surface area contributed by atoms with Gasteiger partial charge in [0.25, 0.3) is 11.8 Å². The number of anilines is 2. The molecule has 150 valence electrons. The van der Waals surface area contributed by atoms with Crippen LogP contribution in [0, 0.1) is 6.92 Å². The van der Waals surface area contributed by atoms with Crippen LogP contribution in [-0.2, 0) is 11.0 Å². The summed E-state index contributed by atoms with van der Waals surface area (Å²) in [5.41, 5.74) is 0.459. The number of hydrogen-bond acceptors (Lipinski definition) is 4. The van der Waals surface area contributed by atoms with E-state index in [2.05, 4.69) is 10.3 Å². The lowest BCUT2D eigenvalue weighted by molar-refractivity contribution is -0.137. The second-order valence-corrected chi connectivity index (χ2v) is 6.57. The van der Waals surface area contributed by atoms with Crippen molar-refractivity contribution in [3.63, 3.8) is 0 Å². The number of pyridine rings is 1. The first-order chi connectivity index (χ1) is 13.6. The van der Waals surface area contributed by atoms with Crippen LogP contribution in [0.15, 0.2) is 36.5 Å². The third-order valence-electron chi connectivity index (χ3n) is 4.64. The monoisotopic (exact) mass is 404 g/mol. The minimum Gasteiger partial charge on any atom is -0.482 e. The van der Waals surface area contributed by atoms with Crippen molar-refractivity contribution in [2.45, 2.75) is 13.1 Å². The van der Waals surface area contributed by atoms with Crippen LogP contribution in [0.25, 0.3) is 5.65 Å². The first kappa shape index (κ1) is 18.8. The lowest BCUT2D eigenvalue weighted by Crippen LogP contribution is -2.35. The number of nitrogens with zero attached hydrogens (tertiary/aromatic N) is 3. The van der Waals surface area contributed by atoms with E-state index in [0.29, 0.717) is 17.1 Å². The van der Waals surface area contributed by atoms with Crippen LogP contribution in [0.3, 0.4) is 0 Å². The number of likely N-dealkylation sites (N-methyl/N-ethyl adjacent to an activating group) is 1. The largest absolute Gasteiger partial charge is 0.482 e. The molecule has 0 bridgehead atoms. The highest BCUT2D eigenvalue weighted by Gasteiger charge is 2.32. The molecule has 0 fully saturated rings. The van der Waals surface area contributed by atoms with Crippen molar-refractivity contribution >= 4 is 28.8 Å². The number of benzene rings is 1. The highest BCUT2D eigenvalue weighted by molar-refractivity contribution is 6.05. The molecule has 1 N–H and O–H groups in total. The van der Waals surface area contributed by atoms with Crippen molar-refractivity contribution in [2.75, 3.05) is 23.9 Å². The fraction of sp³-hybridized carbons (Fsp3) is 0.211. The maximum Gasteiger partial charge on any atom is 0.417 e. The van der Waals surface area contributed by atoms with Gasteiger partial charge in [-0.15, -0.1) is 0 Å². The summed E-state index contributed by atoms with van der Waals surface area (Å²) in [6.45, 7) is 1.47. The Hall–Kier alpha value is -3.56. The van der Waals surface area contributed by atoms with E-state index in [9.17, 15) is 22.8 Å². The Morgan fingerprint density at radius 3 is 2.72 bits per heavy atom. The van der Waals surface area contributed by atoms with Gasteiger partial charge in [-0.05, 0) is 37.3 Å². The van der Waals surface area contributed by atoms with Gasteiger partial charge in [0.15, 0.2) is 6.61 Å². The molecule has 1 aromatic carbocycles. The smallest absolute Gasteiger partial charge is 0.417 e. The number of carbonyl (C=O) groups is 2.